The van der Waals surface area contributed by atoms with Gasteiger partial charge in [0, 0.05) is 17.8 Å². The highest BCUT2D eigenvalue weighted by Crippen LogP contribution is 2.31. The molecule has 4 aromatic rings. The first kappa shape index (κ1) is 19.9. The van der Waals surface area contributed by atoms with Gasteiger partial charge in [0.15, 0.2) is 0 Å². The van der Waals surface area contributed by atoms with Gasteiger partial charge >= 0.3 is 6.03 Å². The molecule has 0 fully saturated rings. The molecule has 30 heavy (non-hydrogen) atoms. The lowest BCUT2D eigenvalue weighted by Gasteiger charge is -2.08. The number of aromatic nitrogens is 1. The summed E-state index contributed by atoms with van der Waals surface area (Å²) in [5, 5.41) is 6.74. The van der Waals surface area contributed by atoms with Crippen molar-refractivity contribution < 1.29 is 9.53 Å². The van der Waals surface area contributed by atoms with Gasteiger partial charge in [-0.25, -0.2) is 9.78 Å². The minimum absolute atomic E-state index is 0.216. The molecule has 0 unspecified atom stereocenters. The third-order valence-corrected chi connectivity index (χ3v) is 5.86. The number of ether oxygens (including phenoxy) is 1. The minimum Gasteiger partial charge on any atom is -0.497 e. The lowest BCUT2D eigenvalue weighted by Crippen LogP contribution is -2.30. The molecule has 0 aliphatic heterocycles. The van der Waals surface area contributed by atoms with Crippen molar-refractivity contribution in [1.29, 1.82) is 0 Å². The predicted octanol–water partition coefficient (Wildman–Crippen LogP) is 5.64. The molecule has 0 bridgehead atoms. The number of anilines is 1. The van der Waals surface area contributed by atoms with Crippen LogP contribution < -0.4 is 15.4 Å². The Morgan fingerprint density at radius 3 is 2.53 bits per heavy atom. The van der Waals surface area contributed by atoms with E-state index in [-0.39, 0.29) is 6.03 Å². The van der Waals surface area contributed by atoms with Crippen molar-refractivity contribution in [2.24, 2.45) is 0 Å². The van der Waals surface area contributed by atoms with Crippen LogP contribution in [0, 0.1) is 6.92 Å². The number of urea groups is 1. The Labute approximate surface area is 179 Å². The number of carbonyl (C=O) groups excluding carboxylic acids is 1. The number of benzene rings is 3. The number of carbonyl (C=O) groups is 1. The van der Waals surface area contributed by atoms with Crippen LogP contribution in [0.25, 0.3) is 20.8 Å². The number of hydrogen-bond donors (Lipinski definition) is 2. The summed E-state index contributed by atoms with van der Waals surface area (Å²) in [5.74, 6) is 0.828. The number of rotatable bonds is 6. The molecular formula is C24H23N3O2S. The van der Waals surface area contributed by atoms with Crippen LogP contribution in [0.15, 0.2) is 66.7 Å². The zero-order valence-corrected chi connectivity index (χ0v) is 17.8. The highest BCUT2D eigenvalue weighted by molar-refractivity contribution is 7.21. The topological polar surface area (TPSA) is 63.2 Å². The maximum Gasteiger partial charge on any atom is 0.319 e. The Morgan fingerprint density at radius 1 is 1.03 bits per heavy atom. The number of thiazole rings is 1. The maximum absolute atomic E-state index is 12.2. The van der Waals surface area contributed by atoms with Gasteiger partial charge in [-0.05, 0) is 73.0 Å². The van der Waals surface area contributed by atoms with Crippen LogP contribution in [0.1, 0.15) is 11.1 Å². The van der Waals surface area contributed by atoms with Crippen LogP contribution in [-0.2, 0) is 6.42 Å². The molecule has 0 aliphatic carbocycles. The number of nitrogens with one attached hydrogen (secondary N) is 2. The van der Waals surface area contributed by atoms with E-state index in [4.69, 9.17) is 9.72 Å². The van der Waals surface area contributed by atoms with E-state index in [0.29, 0.717) is 6.54 Å². The van der Waals surface area contributed by atoms with Gasteiger partial charge in [-0.15, -0.1) is 11.3 Å². The Hall–Kier alpha value is -3.38. The molecule has 1 aromatic heterocycles. The van der Waals surface area contributed by atoms with Gasteiger partial charge in [0.1, 0.15) is 10.8 Å². The van der Waals surface area contributed by atoms with E-state index >= 15 is 0 Å². The second-order valence-corrected chi connectivity index (χ2v) is 8.08. The van der Waals surface area contributed by atoms with E-state index in [0.717, 1.165) is 39.5 Å². The van der Waals surface area contributed by atoms with Gasteiger partial charge in [-0.1, -0.05) is 18.2 Å². The van der Waals surface area contributed by atoms with Crippen molar-refractivity contribution >= 4 is 33.3 Å². The summed E-state index contributed by atoms with van der Waals surface area (Å²) in [4.78, 5) is 16.9. The van der Waals surface area contributed by atoms with E-state index in [1.165, 1.54) is 10.3 Å². The number of aryl methyl sites for hydroxylation is 1. The molecule has 2 amide bonds. The molecule has 152 valence electrons. The summed E-state index contributed by atoms with van der Waals surface area (Å²) in [5.41, 5.74) is 5.18. The fraction of sp³-hybridized carbons (Fsp3) is 0.167. The molecule has 0 saturated heterocycles. The summed E-state index contributed by atoms with van der Waals surface area (Å²) in [6.45, 7) is 2.64. The van der Waals surface area contributed by atoms with Gasteiger partial charge in [-0.3, -0.25) is 0 Å². The maximum atomic E-state index is 12.2. The van der Waals surface area contributed by atoms with Crippen LogP contribution in [-0.4, -0.2) is 24.7 Å². The molecule has 3 aromatic carbocycles. The summed E-state index contributed by atoms with van der Waals surface area (Å²) < 4.78 is 6.34. The largest absolute Gasteiger partial charge is 0.497 e. The van der Waals surface area contributed by atoms with Gasteiger partial charge in [-0.2, -0.15) is 0 Å². The fourth-order valence-electron chi connectivity index (χ4n) is 3.14. The molecule has 0 aliphatic rings. The Morgan fingerprint density at radius 2 is 1.80 bits per heavy atom. The van der Waals surface area contributed by atoms with Gasteiger partial charge < -0.3 is 15.4 Å². The first-order valence-corrected chi connectivity index (χ1v) is 10.6. The molecule has 5 nitrogen and oxygen atoms in total. The molecular weight excluding hydrogens is 394 g/mol. The first-order chi connectivity index (χ1) is 14.6. The van der Waals surface area contributed by atoms with Gasteiger partial charge in [0.25, 0.3) is 0 Å². The molecule has 6 heteroatoms. The quantitative estimate of drug-likeness (QED) is 0.426. The Bertz CT molecular complexity index is 1150. The molecule has 0 radical (unpaired) electrons. The number of methoxy groups -OCH3 is 1. The average Bonchev–Trinajstić information content (AvgIpc) is 3.18. The number of amides is 2. The number of nitrogens with zero attached hydrogens (tertiary/aromatic N) is 1. The third-order valence-electron chi connectivity index (χ3n) is 4.79. The van der Waals surface area contributed by atoms with Crippen molar-refractivity contribution in [2.75, 3.05) is 19.0 Å². The normalized spacial score (nSPS) is 10.7. The van der Waals surface area contributed by atoms with Crippen molar-refractivity contribution in [3.63, 3.8) is 0 Å². The molecule has 0 spiro atoms. The number of fused-ring (bicyclic) bond motifs is 1. The fourth-order valence-corrected chi connectivity index (χ4v) is 4.21. The summed E-state index contributed by atoms with van der Waals surface area (Å²) in [6.07, 6.45) is 0.757. The van der Waals surface area contributed by atoms with Crippen molar-refractivity contribution in [2.45, 2.75) is 13.3 Å². The lowest BCUT2D eigenvalue weighted by molar-refractivity contribution is 0.252. The molecule has 0 saturated carbocycles. The smallest absolute Gasteiger partial charge is 0.319 e. The standard InChI is InChI=1S/C24H23N3O2S/c1-16-3-12-21-22(15-16)30-23(27-21)18-6-8-19(9-7-18)26-24(28)25-14-13-17-4-10-20(29-2)11-5-17/h3-12,15H,13-14H2,1-2H3,(H2,25,26,28). The summed E-state index contributed by atoms with van der Waals surface area (Å²) >= 11 is 1.68. The molecule has 2 N–H and O–H groups in total. The van der Waals surface area contributed by atoms with Gasteiger partial charge in [0.05, 0.1) is 17.3 Å². The summed E-state index contributed by atoms with van der Waals surface area (Å²) in [7, 11) is 1.65. The lowest BCUT2D eigenvalue weighted by atomic mass is 10.1. The highest BCUT2D eigenvalue weighted by Gasteiger charge is 2.07. The van der Waals surface area contributed by atoms with Gasteiger partial charge in [0.2, 0.25) is 0 Å². The van der Waals surface area contributed by atoms with Crippen molar-refractivity contribution in [3.05, 3.63) is 77.9 Å². The molecule has 4 rings (SSSR count). The minimum atomic E-state index is -0.216. The first-order valence-electron chi connectivity index (χ1n) is 9.76. The van der Waals surface area contributed by atoms with Crippen molar-refractivity contribution in [1.82, 2.24) is 10.3 Å². The van der Waals surface area contributed by atoms with Crippen molar-refractivity contribution in [3.8, 4) is 16.3 Å². The predicted molar refractivity (Wildman–Crippen MR) is 124 cm³/mol. The second kappa shape index (κ2) is 8.97. The SMILES string of the molecule is COc1ccc(CCNC(=O)Nc2ccc(-c3nc4ccc(C)cc4s3)cc2)cc1. The molecule has 1 heterocycles. The zero-order valence-electron chi connectivity index (χ0n) is 16.9. The number of hydrogen-bond acceptors (Lipinski definition) is 4. The Kier molecular flexibility index (Phi) is 5.95. The van der Waals surface area contributed by atoms with Crippen LogP contribution in [0.4, 0.5) is 10.5 Å². The van der Waals surface area contributed by atoms with Crippen LogP contribution in [0.5, 0.6) is 5.75 Å². The monoisotopic (exact) mass is 417 g/mol. The summed E-state index contributed by atoms with van der Waals surface area (Å²) in [6, 6.07) is 21.7. The van der Waals surface area contributed by atoms with Crippen LogP contribution in [0.2, 0.25) is 0 Å². The van der Waals surface area contributed by atoms with E-state index in [2.05, 4.69) is 35.8 Å². The van der Waals surface area contributed by atoms with Crippen LogP contribution >= 0.6 is 11.3 Å². The van der Waals surface area contributed by atoms with E-state index in [1.54, 1.807) is 18.4 Å². The van der Waals surface area contributed by atoms with E-state index in [9.17, 15) is 4.79 Å². The highest BCUT2D eigenvalue weighted by atomic mass is 32.1. The third kappa shape index (κ3) is 4.78. The van der Waals surface area contributed by atoms with E-state index < -0.39 is 0 Å². The zero-order chi connectivity index (χ0) is 20.9. The second-order valence-electron chi connectivity index (χ2n) is 7.05. The Balaban J connectivity index is 1.31. The van der Waals surface area contributed by atoms with Crippen LogP contribution in [0.3, 0.4) is 0 Å². The average molecular weight is 418 g/mol. The molecule has 0 atom stereocenters. The van der Waals surface area contributed by atoms with E-state index in [1.807, 2.05) is 48.5 Å².